The first-order valence-corrected chi connectivity index (χ1v) is 7.26. The maximum atomic E-state index is 6.48. The number of benzene rings is 1. The molecule has 0 amide bonds. The maximum Gasteiger partial charge on any atom is 0.119 e. The van der Waals surface area contributed by atoms with Gasteiger partial charge < -0.3 is 10.5 Å². The lowest BCUT2D eigenvalue weighted by atomic mass is 10.0. The standard InChI is InChI=1S/C16H24N2O/c1-10(11-4-5-11)18(2)15-8-12-6-7-13(19-3)9-14(12)16(15)17/h6-7,9-11,15-16H,4-5,8,17H2,1-3H3. The smallest absolute Gasteiger partial charge is 0.119 e. The highest BCUT2D eigenvalue weighted by molar-refractivity contribution is 5.42. The van der Waals surface area contributed by atoms with Crippen LogP contribution in [0.5, 0.6) is 5.75 Å². The Balaban J connectivity index is 1.80. The molecule has 0 aliphatic heterocycles. The molecule has 104 valence electrons. The van der Waals surface area contributed by atoms with Crippen molar-refractivity contribution >= 4 is 0 Å². The van der Waals surface area contributed by atoms with Gasteiger partial charge in [-0.15, -0.1) is 0 Å². The molecule has 1 aromatic carbocycles. The molecule has 1 aromatic rings. The van der Waals surface area contributed by atoms with Gasteiger partial charge in [0.1, 0.15) is 5.75 Å². The SMILES string of the molecule is COc1ccc2c(c1)C(N)C(N(C)C(C)C1CC1)C2. The summed E-state index contributed by atoms with van der Waals surface area (Å²) in [6, 6.07) is 7.50. The van der Waals surface area contributed by atoms with Crippen LogP contribution in [0.15, 0.2) is 18.2 Å². The fraction of sp³-hybridized carbons (Fsp3) is 0.625. The van der Waals surface area contributed by atoms with E-state index in [1.807, 2.05) is 6.07 Å². The summed E-state index contributed by atoms with van der Waals surface area (Å²) in [5.41, 5.74) is 9.12. The third-order valence-electron chi connectivity index (χ3n) is 5.03. The summed E-state index contributed by atoms with van der Waals surface area (Å²) >= 11 is 0. The monoisotopic (exact) mass is 260 g/mol. The van der Waals surface area contributed by atoms with Crippen LogP contribution in [-0.4, -0.2) is 31.1 Å². The third kappa shape index (κ3) is 2.26. The van der Waals surface area contributed by atoms with Crippen molar-refractivity contribution in [1.82, 2.24) is 4.90 Å². The van der Waals surface area contributed by atoms with Gasteiger partial charge in [-0.2, -0.15) is 0 Å². The van der Waals surface area contributed by atoms with Gasteiger partial charge in [-0.3, -0.25) is 4.90 Å². The van der Waals surface area contributed by atoms with Gasteiger partial charge >= 0.3 is 0 Å². The van der Waals surface area contributed by atoms with Gasteiger partial charge in [-0.1, -0.05) is 6.07 Å². The molecule has 3 nitrogen and oxygen atoms in total. The zero-order chi connectivity index (χ0) is 13.6. The van der Waals surface area contributed by atoms with E-state index in [1.54, 1.807) is 7.11 Å². The Morgan fingerprint density at radius 2 is 2.11 bits per heavy atom. The number of hydrogen-bond donors (Lipinski definition) is 1. The molecule has 2 aliphatic carbocycles. The molecule has 0 heterocycles. The minimum Gasteiger partial charge on any atom is -0.497 e. The number of fused-ring (bicyclic) bond motifs is 1. The van der Waals surface area contributed by atoms with Crippen LogP contribution >= 0.6 is 0 Å². The number of nitrogens with zero attached hydrogens (tertiary/aromatic N) is 1. The molecule has 3 heteroatoms. The van der Waals surface area contributed by atoms with Crippen LogP contribution in [0.25, 0.3) is 0 Å². The summed E-state index contributed by atoms with van der Waals surface area (Å²) < 4.78 is 5.31. The number of nitrogens with two attached hydrogens (primary N) is 1. The molecule has 19 heavy (non-hydrogen) atoms. The Bertz CT molecular complexity index is 470. The van der Waals surface area contributed by atoms with Gasteiger partial charge in [-0.25, -0.2) is 0 Å². The highest BCUT2D eigenvalue weighted by Crippen LogP contribution is 2.40. The second kappa shape index (κ2) is 4.80. The fourth-order valence-corrected chi connectivity index (χ4v) is 3.37. The summed E-state index contributed by atoms with van der Waals surface area (Å²) in [5, 5.41) is 0. The minimum absolute atomic E-state index is 0.108. The molecular weight excluding hydrogens is 236 g/mol. The van der Waals surface area contributed by atoms with E-state index in [1.165, 1.54) is 24.0 Å². The maximum absolute atomic E-state index is 6.48. The summed E-state index contributed by atoms with van der Waals surface area (Å²) in [6.45, 7) is 2.34. The number of likely N-dealkylation sites (N-methyl/N-ethyl adjacent to an activating group) is 1. The van der Waals surface area contributed by atoms with E-state index in [0.29, 0.717) is 12.1 Å². The van der Waals surface area contributed by atoms with Crippen molar-refractivity contribution in [3.05, 3.63) is 29.3 Å². The largest absolute Gasteiger partial charge is 0.497 e. The van der Waals surface area contributed by atoms with Crippen molar-refractivity contribution in [2.24, 2.45) is 11.7 Å². The molecule has 2 aliphatic rings. The van der Waals surface area contributed by atoms with Crippen molar-refractivity contribution in [2.75, 3.05) is 14.2 Å². The van der Waals surface area contributed by atoms with E-state index in [0.717, 1.165) is 18.1 Å². The van der Waals surface area contributed by atoms with E-state index in [4.69, 9.17) is 10.5 Å². The van der Waals surface area contributed by atoms with Crippen LogP contribution in [0.4, 0.5) is 0 Å². The van der Waals surface area contributed by atoms with E-state index in [9.17, 15) is 0 Å². The quantitative estimate of drug-likeness (QED) is 0.903. The second-order valence-electron chi connectivity index (χ2n) is 6.11. The summed E-state index contributed by atoms with van der Waals surface area (Å²) in [6.07, 6.45) is 3.83. The lowest BCUT2D eigenvalue weighted by molar-refractivity contribution is 0.153. The lowest BCUT2D eigenvalue weighted by Crippen LogP contribution is -2.44. The predicted molar refractivity (Wildman–Crippen MR) is 77.4 cm³/mol. The summed E-state index contributed by atoms with van der Waals surface area (Å²) in [4.78, 5) is 2.49. The third-order valence-corrected chi connectivity index (χ3v) is 5.03. The van der Waals surface area contributed by atoms with Crippen molar-refractivity contribution < 1.29 is 4.74 Å². The number of hydrogen-bond acceptors (Lipinski definition) is 3. The summed E-state index contributed by atoms with van der Waals surface area (Å²) in [7, 11) is 3.94. The van der Waals surface area contributed by atoms with Crippen LogP contribution in [0.2, 0.25) is 0 Å². The first-order valence-electron chi connectivity index (χ1n) is 7.26. The van der Waals surface area contributed by atoms with Gasteiger partial charge in [0, 0.05) is 18.1 Å². The average Bonchev–Trinajstić information content (AvgIpc) is 3.22. The predicted octanol–water partition coefficient (Wildman–Crippen LogP) is 2.35. The normalized spacial score (nSPS) is 27.4. The van der Waals surface area contributed by atoms with E-state index in [-0.39, 0.29) is 6.04 Å². The molecule has 0 radical (unpaired) electrons. The molecule has 0 saturated heterocycles. The zero-order valence-corrected chi connectivity index (χ0v) is 12.1. The lowest BCUT2D eigenvalue weighted by Gasteiger charge is -2.33. The van der Waals surface area contributed by atoms with Crippen LogP contribution < -0.4 is 10.5 Å². The molecule has 3 atom stereocenters. The van der Waals surface area contributed by atoms with Crippen molar-refractivity contribution in [3.63, 3.8) is 0 Å². The van der Waals surface area contributed by atoms with Gasteiger partial charge in [0.15, 0.2) is 0 Å². The fourth-order valence-electron chi connectivity index (χ4n) is 3.37. The van der Waals surface area contributed by atoms with E-state index in [2.05, 4.69) is 31.0 Å². The highest BCUT2D eigenvalue weighted by Gasteiger charge is 2.38. The van der Waals surface area contributed by atoms with Crippen LogP contribution in [-0.2, 0) is 6.42 Å². The molecule has 0 bridgehead atoms. The van der Waals surface area contributed by atoms with Crippen LogP contribution in [0.1, 0.15) is 36.9 Å². The Morgan fingerprint density at radius 1 is 1.37 bits per heavy atom. The second-order valence-corrected chi connectivity index (χ2v) is 6.11. The molecule has 0 aromatic heterocycles. The number of rotatable bonds is 4. The zero-order valence-electron chi connectivity index (χ0n) is 12.1. The topological polar surface area (TPSA) is 38.5 Å². The molecule has 2 N–H and O–H groups in total. The highest BCUT2D eigenvalue weighted by atomic mass is 16.5. The summed E-state index contributed by atoms with van der Waals surface area (Å²) in [5.74, 6) is 1.79. The molecule has 0 spiro atoms. The average molecular weight is 260 g/mol. The van der Waals surface area contributed by atoms with Crippen LogP contribution in [0.3, 0.4) is 0 Å². The Morgan fingerprint density at radius 3 is 2.74 bits per heavy atom. The molecule has 1 fully saturated rings. The number of ether oxygens (including phenoxy) is 1. The van der Waals surface area contributed by atoms with Crippen molar-refractivity contribution in [3.8, 4) is 5.75 Å². The van der Waals surface area contributed by atoms with Gasteiger partial charge in [-0.05, 0) is 62.4 Å². The van der Waals surface area contributed by atoms with Gasteiger partial charge in [0.05, 0.1) is 7.11 Å². The molecule has 1 saturated carbocycles. The van der Waals surface area contributed by atoms with E-state index >= 15 is 0 Å². The van der Waals surface area contributed by atoms with Gasteiger partial charge in [0.2, 0.25) is 0 Å². The Hall–Kier alpha value is -1.06. The first kappa shape index (κ1) is 12.9. The molecular formula is C16H24N2O. The van der Waals surface area contributed by atoms with Crippen molar-refractivity contribution in [2.45, 2.75) is 44.3 Å². The number of methoxy groups -OCH3 is 1. The van der Waals surface area contributed by atoms with Crippen molar-refractivity contribution in [1.29, 1.82) is 0 Å². The molecule has 3 unspecified atom stereocenters. The first-order chi connectivity index (χ1) is 9.11. The minimum atomic E-state index is 0.108. The molecule has 3 rings (SSSR count). The van der Waals surface area contributed by atoms with Crippen LogP contribution in [0, 0.1) is 5.92 Å². The Labute approximate surface area is 115 Å². The van der Waals surface area contributed by atoms with Gasteiger partial charge in [0.25, 0.3) is 0 Å². The van der Waals surface area contributed by atoms with E-state index < -0.39 is 0 Å². The Kier molecular flexibility index (Phi) is 3.27.